The summed E-state index contributed by atoms with van der Waals surface area (Å²) < 4.78 is 2.24. The third kappa shape index (κ3) is 4.67. The summed E-state index contributed by atoms with van der Waals surface area (Å²) in [5.74, 6) is 1.07. The molecule has 1 N–H and O–H groups in total. The molecule has 0 atom stereocenters. The van der Waals surface area contributed by atoms with Crippen molar-refractivity contribution in [3.63, 3.8) is 0 Å². The van der Waals surface area contributed by atoms with Crippen molar-refractivity contribution >= 4 is 10.8 Å². The molecule has 9 rings (SSSR count). The molecular formula is C43H30N4O. The summed E-state index contributed by atoms with van der Waals surface area (Å²) in [6.07, 6.45) is 7.61. The van der Waals surface area contributed by atoms with Crippen molar-refractivity contribution in [2.45, 2.75) is 12.8 Å². The van der Waals surface area contributed by atoms with E-state index in [4.69, 9.17) is 9.97 Å². The number of aryl methyl sites for hydroxylation is 2. The van der Waals surface area contributed by atoms with Crippen LogP contribution in [0.2, 0.25) is 0 Å². The fourth-order valence-corrected chi connectivity index (χ4v) is 7.07. The number of hydrogen-bond donors (Lipinski definition) is 1. The molecule has 0 fully saturated rings. The average Bonchev–Trinajstić information content (AvgIpc) is 3.60. The van der Waals surface area contributed by atoms with Gasteiger partial charge in [0.1, 0.15) is 17.3 Å². The molecule has 1 aliphatic carbocycles. The second kappa shape index (κ2) is 11.5. The molecular weight excluding hydrogens is 589 g/mol. The van der Waals surface area contributed by atoms with Crippen molar-refractivity contribution in [3.8, 4) is 67.7 Å². The molecule has 0 unspecified atom stereocenters. The van der Waals surface area contributed by atoms with Crippen LogP contribution in [-0.4, -0.2) is 24.6 Å². The Bertz CT molecular complexity index is 2400. The van der Waals surface area contributed by atoms with Gasteiger partial charge in [-0.15, -0.1) is 0 Å². The van der Waals surface area contributed by atoms with Gasteiger partial charge in [-0.2, -0.15) is 0 Å². The zero-order valence-corrected chi connectivity index (χ0v) is 26.1. The van der Waals surface area contributed by atoms with E-state index in [-0.39, 0.29) is 5.75 Å². The minimum absolute atomic E-state index is 0.262. The van der Waals surface area contributed by atoms with E-state index < -0.39 is 0 Å². The molecule has 0 saturated heterocycles. The van der Waals surface area contributed by atoms with Crippen molar-refractivity contribution in [2.24, 2.45) is 0 Å². The summed E-state index contributed by atoms with van der Waals surface area (Å²) in [6, 6.07) is 45.8. The Kier molecular flexibility index (Phi) is 6.68. The third-order valence-electron chi connectivity index (χ3n) is 9.34. The summed E-state index contributed by atoms with van der Waals surface area (Å²) in [5, 5.41) is 13.0. The van der Waals surface area contributed by atoms with Gasteiger partial charge in [-0.1, -0.05) is 115 Å². The van der Waals surface area contributed by atoms with Crippen LogP contribution in [0.4, 0.5) is 0 Å². The number of aromatic hydroxyl groups is 1. The Balaban J connectivity index is 1.34. The van der Waals surface area contributed by atoms with Gasteiger partial charge in [0.15, 0.2) is 0 Å². The standard InChI is InChI=1S/C43H30N4O/c48-39-19-8-14-30-20-21-31-22-23-37(45-41(31)40(30)39)38-27-47(43(46-38)36-18-7-15-32-26-44-25-24-33(32)36)42-34(28-10-3-1-4-11-28)16-9-17-35(42)29-12-5-2-6-13-29/h1-19,22-27,48H,20-21H2. The highest BCUT2D eigenvalue weighted by atomic mass is 16.3. The van der Waals surface area contributed by atoms with Crippen LogP contribution in [0, 0.1) is 0 Å². The smallest absolute Gasteiger partial charge is 0.145 e. The Morgan fingerprint density at radius 3 is 2.02 bits per heavy atom. The maximum Gasteiger partial charge on any atom is 0.145 e. The lowest BCUT2D eigenvalue weighted by Gasteiger charge is -2.20. The van der Waals surface area contributed by atoms with Crippen LogP contribution in [0.1, 0.15) is 11.1 Å². The first-order valence-corrected chi connectivity index (χ1v) is 16.2. The molecule has 3 heterocycles. The van der Waals surface area contributed by atoms with Crippen LogP contribution in [-0.2, 0) is 12.8 Å². The van der Waals surface area contributed by atoms with E-state index in [1.807, 2.05) is 30.6 Å². The van der Waals surface area contributed by atoms with Crippen molar-refractivity contribution < 1.29 is 5.11 Å². The molecule has 228 valence electrons. The number of rotatable bonds is 5. The van der Waals surface area contributed by atoms with E-state index in [1.165, 1.54) is 0 Å². The number of phenolic OH excluding ortho intramolecular Hbond substituents is 1. The predicted octanol–water partition coefficient (Wildman–Crippen LogP) is 9.95. The molecule has 3 aromatic heterocycles. The summed E-state index contributed by atoms with van der Waals surface area (Å²) in [6.45, 7) is 0. The van der Waals surface area contributed by atoms with Crippen molar-refractivity contribution in [2.75, 3.05) is 0 Å². The normalized spacial score (nSPS) is 12.1. The lowest BCUT2D eigenvalue weighted by Crippen LogP contribution is -2.06. The summed E-state index contributed by atoms with van der Waals surface area (Å²) in [5.41, 5.74) is 11.9. The van der Waals surface area contributed by atoms with Crippen molar-refractivity contribution in [3.05, 3.63) is 163 Å². The van der Waals surface area contributed by atoms with Crippen molar-refractivity contribution in [1.82, 2.24) is 19.5 Å². The number of benzene rings is 5. The van der Waals surface area contributed by atoms with Gasteiger partial charge >= 0.3 is 0 Å². The summed E-state index contributed by atoms with van der Waals surface area (Å²) >= 11 is 0. The zero-order chi connectivity index (χ0) is 32.0. The SMILES string of the molecule is Oc1cccc2c1-c1nc(-c3cn(-c4c(-c5ccccc5)cccc4-c4ccccc4)c(-c4cccc5cnccc45)n3)ccc1CC2. The van der Waals surface area contributed by atoms with Gasteiger partial charge in [-0.25, -0.2) is 9.97 Å². The molecule has 0 spiro atoms. The monoisotopic (exact) mass is 618 g/mol. The predicted molar refractivity (Wildman–Crippen MR) is 193 cm³/mol. The minimum atomic E-state index is 0.262. The highest BCUT2D eigenvalue weighted by Crippen LogP contribution is 2.42. The minimum Gasteiger partial charge on any atom is -0.507 e. The fraction of sp³-hybridized carbons (Fsp3) is 0.0465. The number of fused-ring (bicyclic) bond motifs is 4. The number of aromatic nitrogens is 4. The fourth-order valence-electron chi connectivity index (χ4n) is 7.07. The van der Waals surface area contributed by atoms with E-state index >= 15 is 0 Å². The van der Waals surface area contributed by atoms with E-state index in [9.17, 15) is 5.11 Å². The molecule has 48 heavy (non-hydrogen) atoms. The Hall–Kier alpha value is -6.33. The summed E-state index contributed by atoms with van der Waals surface area (Å²) in [7, 11) is 0. The van der Waals surface area contributed by atoms with Gasteiger partial charge in [-0.3, -0.25) is 9.55 Å². The van der Waals surface area contributed by atoms with Gasteiger partial charge in [0, 0.05) is 46.2 Å². The Labute approximate surface area is 278 Å². The maximum atomic E-state index is 10.9. The van der Waals surface area contributed by atoms with E-state index in [1.54, 1.807) is 6.07 Å². The highest BCUT2D eigenvalue weighted by Gasteiger charge is 2.24. The van der Waals surface area contributed by atoms with Crippen LogP contribution >= 0.6 is 0 Å². The first-order valence-electron chi connectivity index (χ1n) is 16.2. The van der Waals surface area contributed by atoms with Gasteiger partial charge in [-0.05, 0) is 58.7 Å². The lowest BCUT2D eigenvalue weighted by molar-refractivity contribution is 0.476. The number of para-hydroxylation sites is 1. The molecule has 0 aliphatic heterocycles. The zero-order valence-electron chi connectivity index (χ0n) is 26.1. The topological polar surface area (TPSA) is 63.8 Å². The Morgan fingerprint density at radius 2 is 1.25 bits per heavy atom. The van der Waals surface area contributed by atoms with Crippen LogP contribution in [0.25, 0.3) is 72.7 Å². The van der Waals surface area contributed by atoms with E-state index in [2.05, 4.69) is 125 Å². The lowest BCUT2D eigenvalue weighted by atomic mass is 9.88. The molecule has 1 aliphatic rings. The highest BCUT2D eigenvalue weighted by molar-refractivity contribution is 5.96. The maximum absolute atomic E-state index is 10.9. The van der Waals surface area contributed by atoms with Gasteiger partial charge in [0.25, 0.3) is 0 Å². The van der Waals surface area contributed by atoms with Gasteiger partial charge in [0.05, 0.1) is 17.1 Å². The molecule has 0 bridgehead atoms. The van der Waals surface area contributed by atoms with Crippen LogP contribution in [0.3, 0.4) is 0 Å². The molecule has 5 nitrogen and oxygen atoms in total. The summed E-state index contributed by atoms with van der Waals surface area (Å²) in [4.78, 5) is 15.0. The molecule has 5 aromatic carbocycles. The van der Waals surface area contributed by atoms with Gasteiger partial charge < -0.3 is 5.11 Å². The molecule has 0 amide bonds. The van der Waals surface area contributed by atoms with Crippen LogP contribution in [0.5, 0.6) is 5.75 Å². The van der Waals surface area contributed by atoms with Crippen LogP contribution < -0.4 is 0 Å². The second-order valence-electron chi connectivity index (χ2n) is 12.2. The first kappa shape index (κ1) is 27.9. The van der Waals surface area contributed by atoms with E-state index in [0.29, 0.717) is 0 Å². The van der Waals surface area contributed by atoms with E-state index in [0.717, 1.165) is 96.7 Å². The Morgan fingerprint density at radius 1 is 0.562 bits per heavy atom. The average molecular weight is 619 g/mol. The number of imidazole rings is 1. The third-order valence-corrected chi connectivity index (χ3v) is 9.34. The molecule has 5 heteroatoms. The second-order valence-corrected chi connectivity index (χ2v) is 12.2. The molecule has 8 aromatic rings. The number of nitrogens with zero attached hydrogens (tertiary/aromatic N) is 4. The molecule has 0 saturated carbocycles. The largest absolute Gasteiger partial charge is 0.507 e. The van der Waals surface area contributed by atoms with Crippen LogP contribution in [0.15, 0.2) is 152 Å². The number of phenols is 1. The van der Waals surface area contributed by atoms with Crippen molar-refractivity contribution in [1.29, 1.82) is 0 Å². The van der Waals surface area contributed by atoms with Gasteiger partial charge in [0.2, 0.25) is 0 Å². The number of hydrogen-bond acceptors (Lipinski definition) is 4. The molecule has 0 radical (unpaired) electrons. The quantitative estimate of drug-likeness (QED) is 0.209. The first-order chi connectivity index (χ1) is 23.7. The number of pyridine rings is 2.